The van der Waals surface area contributed by atoms with Gasteiger partial charge in [-0.1, -0.05) is 54.6 Å². The Morgan fingerprint density at radius 3 is 2.14 bits per heavy atom. The molecule has 0 aliphatic heterocycles. The Kier molecular flexibility index (Phi) is 4.68. The fourth-order valence-corrected chi connectivity index (χ4v) is 1.87. The van der Waals surface area contributed by atoms with E-state index >= 15 is 0 Å². The summed E-state index contributed by atoms with van der Waals surface area (Å²) >= 11 is 0. The summed E-state index contributed by atoms with van der Waals surface area (Å²) in [6.07, 6.45) is -0.00878. The van der Waals surface area contributed by atoms with Crippen molar-refractivity contribution in [1.82, 2.24) is 0 Å². The summed E-state index contributed by atoms with van der Waals surface area (Å²) < 4.78 is 29.7. The molecule has 0 heterocycles. The molecule has 0 spiro atoms. The third-order valence-electron chi connectivity index (χ3n) is 2.90. The van der Waals surface area contributed by atoms with Crippen molar-refractivity contribution in [3.8, 4) is 11.1 Å². The topological polar surface area (TPSA) is 26.3 Å². The quantitative estimate of drug-likeness (QED) is 0.775. The molecule has 0 radical (unpaired) electrons. The van der Waals surface area contributed by atoms with Crippen molar-refractivity contribution in [3.05, 3.63) is 60.2 Å². The van der Waals surface area contributed by atoms with Gasteiger partial charge in [-0.2, -0.15) is 0 Å². The second-order valence-corrected chi connectivity index (χ2v) is 4.97. The summed E-state index contributed by atoms with van der Waals surface area (Å²) in [6.45, 7) is -0.164. The molecule has 2 aromatic carbocycles. The molecular weight excluding hydrogens is 274 g/mol. The first-order chi connectivity index (χ1) is 9.94. The maximum Gasteiger partial charge on any atom is 0.310 e. The maximum atomic E-state index is 12.6. The summed E-state index contributed by atoms with van der Waals surface area (Å²) in [4.78, 5) is 11.5. The zero-order chi connectivity index (χ0) is 15.3. The molecule has 0 bridgehead atoms. The number of rotatable bonds is 5. The van der Waals surface area contributed by atoms with Crippen LogP contribution in [0, 0.1) is 0 Å². The molecule has 2 rings (SSSR count). The summed E-state index contributed by atoms with van der Waals surface area (Å²) in [5, 5.41) is 0. The van der Waals surface area contributed by atoms with Gasteiger partial charge in [-0.15, -0.1) is 0 Å². The molecule has 2 aromatic rings. The van der Waals surface area contributed by atoms with Crippen molar-refractivity contribution >= 4 is 5.97 Å². The van der Waals surface area contributed by atoms with E-state index in [2.05, 4.69) is 4.74 Å². The lowest BCUT2D eigenvalue weighted by molar-refractivity contribution is -0.152. The number of carbonyl (C=O) groups is 1. The van der Waals surface area contributed by atoms with E-state index in [1.807, 2.05) is 42.5 Å². The minimum Gasteiger partial charge on any atom is -0.459 e. The average Bonchev–Trinajstić information content (AvgIpc) is 2.46. The normalized spacial score (nSPS) is 11.2. The van der Waals surface area contributed by atoms with Crippen LogP contribution in [0.5, 0.6) is 0 Å². The van der Waals surface area contributed by atoms with Gasteiger partial charge < -0.3 is 4.74 Å². The number of ether oxygens (including phenoxy) is 1. The van der Waals surface area contributed by atoms with Gasteiger partial charge in [0, 0.05) is 6.92 Å². The molecule has 2 nitrogen and oxygen atoms in total. The van der Waals surface area contributed by atoms with Crippen LogP contribution in [0.15, 0.2) is 54.6 Å². The minimum atomic E-state index is -2.99. The van der Waals surface area contributed by atoms with E-state index in [-0.39, 0.29) is 6.42 Å². The van der Waals surface area contributed by atoms with Crippen LogP contribution in [0.3, 0.4) is 0 Å². The first kappa shape index (κ1) is 15.2. The molecule has 0 atom stereocenters. The number of alkyl halides is 2. The third-order valence-corrected chi connectivity index (χ3v) is 2.90. The number of hydrogen-bond donors (Lipinski definition) is 0. The molecule has 0 unspecified atom stereocenters. The predicted molar refractivity (Wildman–Crippen MR) is 77.2 cm³/mol. The molecule has 4 heteroatoms. The van der Waals surface area contributed by atoms with Crippen LogP contribution in [-0.2, 0) is 16.0 Å². The summed E-state index contributed by atoms with van der Waals surface area (Å²) in [7, 11) is 0. The average molecular weight is 290 g/mol. The van der Waals surface area contributed by atoms with Gasteiger partial charge in [-0.05, 0) is 16.7 Å². The lowest BCUT2D eigenvalue weighted by atomic mass is 10.0. The van der Waals surface area contributed by atoms with E-state index in [9.17, 15) is 13.6 Å². The Balaban J connectivity index is 1.95. The SMILES string of the molecule is CC(F)(F)COC(=O)Cc1ccc(-c2ccccc2)cc1. The molecule has 0 N–H and O–H groups in total. The van der Waals surface area contributed by atoms with E-state index in [4.69, 9.17) is 0 Å². The fourth-order valence-electron chi connectivity index (χ4n) is 1.87. The minimum absolute atomic E-state index is 0.00878. The van der Waals surface area contributed by atoms with E-state index in [0.29, 0.717) is 0 Å². The molecule has 0 saturated heterocycles. The summed E-state index contributed by atoms with van der Waals surface area (Å²) in [5.41, 5.74) is 2.85. The lowest BCUT2D eigenvalue weighted by Crippen LogP contribution is -2.22. The van der Waals surface area contributed by atoms with Crippen molar-refractivity contribution < 1.29 is 18.3 Å². The standard InChI is InChI=1S/C17H16F2O2/c1-17(18,19)12-21-16(20)11-13-7-9-15(10-8-13)14-5-3-2-4-6-14/h2-10H,11-12H2,1H3. The summed E-state index contributed by atoms with van der Waals surface area (Å²) in [5.74, 6) is -3.64. The Hall–Kier alpha value is -2.23. The van der Waals surface area contributed by atoms with Crippen LogP contribution in [0.1, 0.15) is 12.5 Å². The van der Waals surface area contributed by atoms with E-state index < -0.39 is 18.5 Å². The molecule has 0 aromatic heterocycles. The second-order valence-electron chi connectivity index (χ2n) is 4.97. The summed E-state index contributed by atoms with van der Waals surface area (Å²) in [6, 6.07) is 17.2. The molecule has 110 valence electrons. The highest BCUT2D eigenvalue weighted by atomic mass is 19.3. The Bertz CT molecular complexity index is 586. The zero-order valence-electron chi connectivity index (χ0n) is 11.7. The molecular formula is C17H16F2O2. The Labute approximate surface area is 122 Å². The van der Waals surface area contributed by atoms with Gasteiger partial charge in [0.2, 0.25) is 0 Å². The third kappa shape index (κ3) is 4.99. The number of hydrogen-bond acceptors (Lipinski definition) is 2. The fraction of sp³-hybridized carbons (Fsp3) is 0.235. The Morgan fingerprint density at radius 1 is 1.00 bits per heavy atom. The van der Waals surface area contributed by atoms with Crippen LogP contribution in [0.4, 0.5) is 8.78 Å². The highest BCUT2D eigenvalue weighted by molar-refractivity contribution is 5.73. The number of esters is 1. The van der Waals surface area contributed by atoms with Gasteiger partial charge in [-0.3, -0.25) is 4.79 Å². The van der Waals surface area contributed by atoms with E-state index in [0.717, 1.165) is 23.6 Å². The highest BCUT2D eigenvalue weighted by Gasteiger charge is 2.23. The van der Waals surface area contributed by atoms with Crippen LogP contribution in [-0.4, -0.2) is 18.5 Å². The molecule has 0 aliphatic rings. The van der Waals surface area contributed by atoms with Gasteiger partial charge in [0.05, 0.1) is 6.42 Å². The molecule has 0 amide bonds. The number of carbonyl (C=O) groups excluding carboxylic acids is 1. The van der Waals surface area contributed by atoms with E-state index in [1.54, 1.807) is 12.1 Å². The van der Waals surface area contributed by atoms with Crippen molar-refractivity contribution in [2.75, 3.05) is 6.61 Å². The smallest absolute Gasteiger partial charge is 0.310 e. The maximum absolute atomic E-state index is 12.6. The van der Waals surface area contributed by atoms with E-state index in [1.165, 1.54) is 0 Å². The first-order valence-corrected chi connectivity index (χ1v) is 6.62. The van der Waals surface area contributed by atoms with Crippen molar-refractivity contribution in [2.45, 2.75) is 19.3 Å². The first-order valence-electron chi connectivity index (χ1n) is 6.62. The van der Waals surface area contributed by atoms with Crippen molar-refractivity contribution in [1.29, 1.82) is 0 Å². The van der Waals surface area contributed by atoms with Crippen LogP contribution in [0.2, 0.25) is 0 Å². The lowest BCUT2D eigenvalue weighted by Gasteiger charge is -2.10. The molecule has 0 aliphatic carbocycles. The van der Waals surface area contributed by atoms with Gasteiger partial charge in [0.25, 0.3) is 5.92 Å². The second kappa shape index (κ2) is 6.48. The van der Waals surface area contributed by atoms with Gasteiger partial charge >= 0.3 is 5.97 Å². The van der Waals surface area contributed by atoms with Gasteiger partial charge in [-0.25, -0.2) is 8.78 Å². The predicted octanol–water partition coefficient (Wildman–Crippen LogP) is 4.09. The van der Waals surface area contributed by atoms with Crippen LogP contribution >= 0.6 is 0 Å². The monoisotopic (exact) mass is 290 g/mol. The molecule has 0 fully saturated rings. The zero-order valence-corrected chi connectivity index (χ0v) is 11.7. The van der Waals surface area contributed by atoms with Crippen molar-refractivity contribution in [2.24, 2.45) is 0 Å². The largest absolute Gasteiger partial charge is 0.459 e. The van der Waals surface area contributed by atoms with Crippen LogP contribution in [0.25, 0.3) is 11.1 Å². The number of benzene rings is 2. The number of halogens is 2. The molecule has 21 heavy (non-hydrogen) atoms. The Morgan fingerprint density at radius 2 is 1.57 bits per heavy atom. The molecule has 0 saturated carbocycles. The van der Waals surface area contributed by atoms with Crippen LogP contribution < -0.4 is 0 Å². The van der Waals surface area contributed by atoms with Gasteiger partial charge in [0.1, 0.15) is 0 Å². The van der Waals surface area contributed by atoms with Gasteiger partial charge in [0.15, 0.2) is 6.61 Å². The van der Waals surface area contributed by atoms with Crippen molar-refractivity contribution in [3.63, 3.8) is 0 Å². The highest BCUT2D eigenvalue weighted by Crippen LogP contribution is 2.19.